The van der Waals surface area contributed by atoms with Gasteiger partial charge >= 0.3 is 0 Å². The van der Waals surface area contributed by atoms with Gasteiger partial charge in [-0.2, -0.15) is 0 Å². The van der Waals surface area contributed by atoms with Gasteiger partial charge in [-0.1, -0.05) is 34.1 Å². The van der Waals surface area contributed by atoms with E-state index in [0.29, 0.717) is 11.3 Å². The molecule has 0 aliphatic heterocycles. The Balaban J connectivity index is 2.81. The van der Waals surface area contributed by atoms with Crippen LogP contribution in [0.5, 0.6) is 0 Å². The van der Waals surface area contributed by atoms with Crippen LogP contribution in [0.1, 0.15) is 57.9 Å². The molecule has 1 heterocycles. The maximum absolute atomic E-state index is 4.45. The summed E-state index contributed by atoms with van der Waals surface area (Å²) >= 11 is 1.80. The molecule has 0 fully saturated rings. The van der Waals surface area contributed by atoms with Crippen LogP contribution in [0.15, 0.2) is 11.6 Å². The largest absolute Gasteiger partial charge is 0.249 e. The van der Waals surface area contributed by atoms with E-state index in [1.807, 2.05) is 6.20 Å². The van der Waals surface area contributed by atoms with Crippen molar-refractivity contribution < 1.29 is 0 Å². The summed E-state index contributed by atoms with van der Waals surface area (Å²) in [6, 6.07) is 0. The SMILES string of the molecule is CCCC(C)(C)C(CC)c1nccs1. The minimum Gasteiger partial charge on any atom is -0.249 e. The van der Waals surface area contributed by atoms with Crippen LogP contribution in [0.2, 0.25) is 0 Å². The summed E-state index contributed by atoms with van der Waals surface area (Å²) in [6.07, 6.45) is 5.66. The first kappa shape index (κ1) is 11.7. The second kappa shape index (κ2) is 4.92. The fourth-order valence-electron chi connectivity index (χ4n) is 2.29. The predicted molar refractivity (Wildman–Crippen MR) is 63.8 cm³/mol. The van der Waals surface area contributed by atoms with E-state index in [9.17, 15) is 0 Å². The highest BCUT2D eigenvalue weighted by molar-refractivity contribution is 7.09. The average molecular weight is 211 g/mol. The van der Waals surface area contributed by atoms with E-state index in [0.717, 1.165) is 0 Å². The lowest BCUT2D eigenvalue weighted by Gasteiger charge is -2.32. The first-order valence-corrected chi connectivity index (χ1v) is 6.39. The third-order valence-corrected chi connectivity index (χ3v) is 3.88. The van der Waals surface area contributed by atoms with E-state index in [1.165, 1.54) is 24.3 Å². The van der Waals surface area contributed by atoms with E-state index in [2.05, 4.69) is 38.1 Å². The molecule has 0 saturated carbocycles. The van der Waals surface area contributed by atoms with Gasteiger partial charge in [0, 0.05) is 17.5 Å². The summed E-state index contributed by atoms with van der Waals surface area (Å²) in [5, 5.41) is 3.39. The van der Waals surface area contributed by atoms with Crippen molar-refractivity contribution in [2.75, 3.05) is 0 Å². The Labute approximate surface area is 91.6 Å². The molecule has 1 aromatic rings. The van der Waals surface area contributed by atoms with Crippen molar-refractivity contribution in [3.63, 3.8) is 0 Å². The van der Waals surface area contributed by atoms with Gasteiger partial charge < -0.3 is 0 Å². The van der Waals surface area contributed by atoms with E-state index < -0.39 is 0 Å². The Morgan fingerprint density at radius 3 is 2.57 bits per heavy atom. The summed E-state index contributed by atoms with van der Waals surface area (Å²) in [6.45, 7) is 9.26. The van der Waals surface area contributed by atoms with Crippen molar-refractivity contribution >= 4 is 11.3 Å². The first-order valence-electron chi connectivity index (χ1n) is 5.51. The van der Waals surface area contributed by atoms with Gasteiger partial charge in [-0.25, -0.2) is 4.98 Å². The second-order valence-corrected chi connectivity index (χ2v) is 5.50. The van der Waals surface area contributed by atoms with Gasteiger partial charge in [0.05, 0.1) is 5.01 Å². The summed E-state index contributed by atoms with van der Waals surface area (Å²) in [4.78, 5) is 4.45. The smallest absolute Gasteiger partial charge is 0.0961 e. The molecule has 0 radical (unpaired) electrons. The summed E-state index contributed by atoms with van der Waals surface area (Å²) < 4.78 is 0. The first-order chi connectivity index (χ1) is 6.61. The molecular weight excluding hydrogens is 190 g/mol. The van der Waals surface area contributed by atoms with Gasteiger partial charge in [-0.15, -0.1) is 11.3 Å². The topological polar surface area (TPSA) is 12.9 Å². The number of rotatable bonds is 5. The van der Waals surface area contributed by atoms with Crippen molar-refractivity contribution in [3.8, 4) is 0 Å². The molecule has 2 heteroatoms. The molecule has 0 amide bonds. The highest BCUT2D eigenvalue weighted by Crippen LogP contribution is 2.41. The summed E-state index contributed by atoms with van der Waals surface area (Å²) in [5.74, 6) is 0.627. The molecule has 1 aromatic heterocycles. The Morgan fingerprint density at radius 1 is 1.43 bits per heavy atom. The highest BCUT2D eigenvalue weighted by Gasteiger charge is 2.30. The number of hydrogen-bond donors (Lipinski definition) is 0. The van der Waals surface area contributed by atoms with E-state index in [4.69, 9.17) is 0 Å². The van der Waals surface area contributed by atoms with Gasteiger partial charge in [0.25, 0.3) is 0 Å². The molecule has 0 aliphatic carbocycles. The standard InChI is InChI=1S/C12H21NS/c1-5-7-12(3,4)10(6-2)11-13-8-9-14-11/h8-10H,5-7H2,1-4H3. The molecule has 0 aromatic carbocycles. The van der Waals surface area contributed by atoms with Crippen LogP contribution in [0, 0.1) is 5.41 Å². The summed E-state index contributed by atoms with van der Waals surface area (Å²) in [7, 11) is 0. The fourth-order valence-corrected chi connectivity index (χ4v) is 3.32. The normalized spacial score (nSPS) is 14.3. The third-order valence-electron chi connectivity index (χ3n) is 3.00. The van der Waals surface area contributed by atoms with Gasteiger partial charge in [0.1, 0.15) is 0 Å². The van der Waals surface area contributed by atoms with Gasteiger partial charge in [0.2, 0.25) is 0 Å². The third kappa shape index (κ3) is 2.57. The number of nitrogens with zero attached hydrogens (tertiary/aromatic N) is 1. The second-order valence-electron chi connectivity index (χ2n) is 4.57. The Morgan fingerprint density at radius 2 is 2.14 bits per heavy atom. The lowest BCUT2D eigenvalue weighted by molar-refractivity contribution is 0.252. The van der Waals surface area contributed by atoms with Gasteiger partial charge in [0.15, 0.2) is 0 Å². The van der Waals surface area contributed by atoms with Gasteiger partial charge in [-0.05, 0) is 18.3 Å². The molecule has 0 saturated heterocycles. The molecular formula is C12H21NS. The van der Waals surface area contributed by atoms with E-state index in [1.54, 1.807) is 11.3 Å². The zero-order valence-corrected chi connectivity index (χ0v) is 10.5. The van der Waals surface area contributed by atoms with Crippen LogP contribution in [0.25, 0.3) is 0 Å². The van der Waals surface area contributed by atoms with Gasteiger partial charge in [-0.3, -0.25) is 0 Å². The number of thiazole rings is 1. The lowest BCUT2D eigenvalue weighted by atomic mass is 9.74. The molecule has 1 nitrogen and oxygen atoms in total. The number of aromatic nitrogens is 1. The van der Waals surface area contributed by atoms with E-state index >= 15 is 0 Å². The van der Waals surface area contributed by atoms with Crippen molar-refractivity contribution in [1.82, 2.24) is 4.98 Å². The lowest BCUT2D eigenvalue weighted by Crippen LogP contribution is -2.21. The van der Waals surface area contributed by atoms with Crippen LogP contribution in [0.4, 0.5) is 0 Å². The minimum atomic E-state index is 0.390. The molecule has 0 spiro atoms. The van der Waals surface area contributed by atoms with Crippen LogP contribution in [-0.4, -0.2) is 4.98 Å². The van der Waals surface area contributed by atoms with Crippen molar-refractivity contribution in [3.05, 3.63) is 16.6 Å². The monoisotopic (exact) mass is 211 g/mol. The summed E-state index contributed by atoms with van der Waals surface area (Å²) in [5.41, 5.74) is 0.390. The molecule has 1 rings (SSSR count). The molecule has 0 N–H and O–H groups in total. The maximum Gasteiger partial charge on any atom is 0.0961 e. The van der Waals surface area contributed by atoms with Crippen LogP contribution >= 0.6 is 11.3 Å². The molecule has 1 atom stereocenters. The van der Waals surface area contributed by atoms with Crippen LogP contribution in [-0.2, 0) is 0 Å². The molecule has 80 valence electrons. The quantitative estimate of drug-likeness (QED) is 0.700. The van der Waals surface area contributed by atoms with Crippen molar-refractivity contribution in [1.29, 1.82) is 0 Å². The maximum atomic E-state index is 4.45. The van der Waals surface area contributed by atoms with Crippen LogP contribution in [0.3, 0.4) is 0 Å². The van der Waals surface area contributed by atoms with Crippen LogP contribution < -0.4 is 0 Å². The zero-order valence-electron chi connectivity index (χ0n) is 9.71. The minimum absolute atomic E-state index is 0.390. The fraction of sp³-hybridized carbons (Fsp3) is 0.750. The number of hydrogen-bond acceptors (Lipinski definition) is 2. The zero-order chi connectivity index (χ0) is 10.6. The Kier molecular flexibility index (Phi) is 4.11. The average Bonchev–Trinajstić information content (AvgIpc) is 2.57. The van der Waals surface area contributed by atoms with Crippen molar-refractivity contribution in [2.45, 2.75) is 52.9 Å². The molecule has 1 unspecified atom stereocenters. The highest BCUT2D eigenvalue weighted by atomic mass is 32.1. The Hall–Kier alpha value is -0.370. The Bertz CT molecular complexity index is 251. The van der Waals surface area contributed by atoms with Crippen molar-refractivity contribution in [2.24, 2.45) is 5.41 Å². The predicted octanol–water partition coefficient (Wildman–Crippen LogP) is 4.46. The molecule has 0 bridgehead atoms. The van der Waals surface area contributed by atoms with E-state index in [-0.39, 0.29) is 0 Å². The molecule has 14 heavy (non-hydrogen) atoms. The molecule has 0 aliphatic rings.